The third-order valence-electron chi connectivity index (χ3n) is 3.90. The van der Waals surface area contributed by atoms with E-state index in [-0.39, 0.29) is 37.0 Å². The number of aliphatic hydroxyl groups excluding tert-OH is 1. The van der Waals surface area contributed by atoms with Crippen molar-refractivity contribution in [2.45, 2.75) is 45.5 Å². The van der Waals surface area contributed by atoms with E-state index in [4.69, 9.17) is 9.47 Å². The molecule has 1 aliphatic rings. The first kappa shape index (κ1) is 20.9. The molecular weight excluding hydrogens is 330 g/mol. The number of hydrogen-bond donors (Lipinski definition) is 1. The van der Waals surface area contributed by atoms with Gasteiger partial charge >= 0.3 is 0 Å². The number of morpholine rings is 1. The number of ketones is 1. The zero-order valence-corrected chi connectivity index (χ0v) is 15.4. The van der Waals surface area contributed by atoms with Gasteiger partial charge in [0.1, 0.15) is 18.5 Å². The molecule has 0 aliphatic carbocycles. The zero-order valence-electron chi connectivity index (χ0n) is 14.6. The molecule has 1 fully saturated rings. The van der Waals surface area contributed by atoms with Crippen molar-refractivity contribution in [2.75, 3.05) is 26.2 Å². The lowest BCUT2D eigenvalue weighted by Gasteiger charge is -2.36. The molecule has 1 aliphatic heterocycles. The maximum Gasteiger partial charge on any atom is 0.162 e. The second kappa shape index (κ2) is 9.99. The predicted molar refractivity (Wildman–Crippen MR) is 96.3 cm³/mol. The number of ether oxygens (including phenoxy) is 2. The minimum atomic E-state index is -0.551. The fraction of sp³-hybridized carbons (Fsp3) is 0.611. The van der Waals surface area contributed by atoms with Crippen molar-refractivity contribution in [3.8, 4) is 5.75 Å². The quantitative estimate of drug-likeness (QED) is 0.760. The number of benzene rings is 1. The van der Waals surface area contributed by atoms with Crippen molar-refractivity contribution >= 4 is 18.2 Å². The van der Waals surface area contributed by atoms with E-state index in [1.807, 2.05) is 20.8 Å². The van der Waals surface area contributed by atoms with E-state index >= 15 is 0 Å². The molecule has 0 spiro atoms. The number of Topliss-reactive ketones (excluding diaryl/α,β-unsaturated/α-hetero) is 1. The fourth-order valence-corrected chi connectivity index (χ4v) is 2.92. The van der Waals surface area contributed by atoms with E-state index in [0.29, 0.717) is 24.3 Å². The summed E-state index contributed by atoms with van der Waals surface area (Å²) in [5.41, 5.74) is 0.691. The Morgan fingerprint density at radius 1 is 1.29 bits per heavy atom. The molecule has 1 aromatic rings. The lowest BCUT2D eigenvalue weighted by molar-refractivity contribution is -0.0786. The first-order valence-corrected chi connectivity index (χ1v) is 8.29. The Labute approximate surface area is 150 Å². The van der Waals surface area contributed by atoms with Crippen molar-refractivity contribution in [2.24, 2.45) is 0 Å². The molecule has 6 heteroatoms. The highest BCUT2D eigenvalue weighted by Crippen LogP contribution is 2.15. The summed E-state index contributed by atoms with van der Waals surface area (Å²) >= 11 is 0. The van der Waals surface area contributed by atoms with Crippen LogP contribution < -0.4 is 4.74 Å². The molecule has 1 saturated heterocycles. The third-order valence-corrected chi connectivity index (χ3v) is 3.90. The van der Waals surface area contributed by atoms with Crippen LogP contribution in [-0.2, 0) is 4.74 Å². The summed E-state index contributed by atoms with van der Waals surface area (Å²) in [4.78, 5) is 13.8. The van der Waals surface area contributed by atoms with Gasteiger partial charge < -0.3 is 14.6 Å². The molecular formula is C18H28ClNO4. The van der Waals surface area contributed by atoms with Gasteiger partial charge in [-0.3, -0.25) is 9.69 Å². The summed E-state index contributed by atoms with van der Waals surface area (Å²) in [6.07, 6.45) is 0.324. The van der Waals surface area contributed by atoms with Crippen LogP contribution in [0.3, 0.4) is 0 Å². The number of hydrogen-bond acceptors (Lipinski definition) is 5. The average molecular weight is 358 g/mol. The van der Waals surface area contributed by atoms with Crippen LogP contribution in [0, 0.1) is 0 Å². The molecule has 0 aromatic heterocycles. The number of aliphatic hydroxyl groups is 1. The van der Waals surface area contributed by atoms with Crippen molar-refractivity contribution < 1.29 is 19.4 Å². The standard InChI is InChI=1S/C18H27NO4.ClH/c1-4-18(21)15-5-7-17(8-6-15)22-12-16(20)11-19-9-13(2)23-14(3)10-19;/h5-8,13-14,16,20H,4,9-12H2,1-3H3;1H. The summed E-state index contributed by atoms with van der Waals surface area (Å²) in [5.74, 6) is 0.785. The first-order chi connectivity index (χ1) is 11.0. The zero-order chi connectivity index (χ0) is 16.8. The molecule has 136 valence electrons. The Hall–Kier alpha value is -1.14. The van der Waals surface area contributed by atoms with Crippen LogP contribution in [0.2, 0.25) is 0 Å². The molecule has 1 aromatic carbocycles. The van der Waals surface area contributed by atoms with Crippen LogP contribution >= 0.6 is 12.4 Å². The van der Waals surface area contributed by atoms with Gasteiger partial charge in [-0.05, 0) is 38.1 Å². The van der Waals surface area contributed by atoms with Crippen LogP contribution in [0.15, 0.2) is 24.3 Å². The molecule has 0 amide bonds. The molecule has 0 radical (unpaired) electrons. The lowest BCUT2D eigenvalue weighted by atomic mass is 10.1. The van der Waals surface area contributed by atoms with Gasteiger partial charge in [-0.2, -0.15) is 0 Å². The highest BCUT2D eigenvalue weighted by Gasteiger charge is 2.23. The summed E-state index contributed by atoms with van der Waals surface area (Å²) in [7, 11) is 0. The predicted octanol–water partition coefficient (Wildman–Crippen LogP) is 2.55. The summed E-state index contributed by atoms with van der Waals surface area (Å²) in [6, 6.07) is 7.07. The molecule has 24 heavy (non-hydrogen) atoms. The van der Waals surface area contributed by atoms with Crippen LogP contribution in [-0.4, -0.2) is 60.3 Å². The largest absolute Gasteiger partial charge is 0.491 e. The van der Waals surface area contributed by atoms with Gasteiger partial charge in [0.15, 0.2) is 5.78 Å². The van der Waals surface area contributed by atoms with Gasteiger partial charge in [-0.25, -0.2) is 0 Å². The van der Waals surface area contributed by atoms with Gasteiger partial charge in [-0.1, -0.05) is 6.92 Å². The topological polar surface area (TPSA) is 59.0 Å². The number of carbonyl (C=O) groups is 1. The highest BCUT2D eigenvalue weighted by molar-refractivity contribution is 5.95. The fourth-order valence-electron chi connectivity index (χ4n) is 2.92. The first-order valence-electron chi connectivity index (χ1n) is 8.29. The Balaban J connectivity index is 0.00000288. The minimum Gasteiger partial charge on any atom is -0.491 e. The Morgan fingerprint density at radius 3 is 2.42 bits per heavy atom. The van der Waals surface area contributed by atoms with E-state index in [9.17, 15) is 9.90 Å². The summed E-state index contributed by atoms with van der Waals surface area (Å²) in [6.45, 7) is 8.40. The third kappa shape index (κ3) is 6.40. The smallest absolute Gasteiger partial charge is 0.162 e. The van der Waals surface area contributed by atoms with Crippen LogP contribution in [0.1, 0.15) is 37.6 Å². The molecule has 1 N–H and O–H groups in total. The van der Waals surface area contributed by atoms with E-state index in [1.54, 1.807) is 24.3 Å². The molecule has 1 heterocycles. The Morgan fingerprint density at radius 2 is 1.88 bits per heavy atom. The summed E-state index contributed by atoms with van der Waals surface area (Å²) < 4.78 is 11.3. The lowest BCUT2D eigenvalue weighted by Crippen LogP contribution is -2.48. The second-order valence-corrected chi connectivity index (χ2v) is 6.24. The van der Waals surface area contributed by atoms with Crippen LogP contribution in [0.4, 0.5) is 0 Å². The molecule has 3 unspecified atom stereocenters. The average Bonchev–Trinajstić information content (AvgIpc) is 2.51. The van der Waals surface area contributed by atoms with Crippen molar-refractivity contribution in [1.82, 2.24) is 4.90 Å². The number of β-amino-alcohol motifs (C(OH)–C–C–N with tert-alkyl or cyclic N) is 1. The van der Waals surface area contributed by atoms with Crippen molar-refractivity contribution in [3.05, 3.63) is 29.8 Å². The normalized spacial score (nSPS) is 22.5. The van der Waals surface area contributed by atoms with E-state index in [1.165, 1.54) is 0 Å². The van der Waals surface area contributed by atoms with E-state index in [2.05, 4.69) is 4.90 Å². The van der Waals surface area contributed by atoms with Gasteiger partial charge in [0.25, 0.3) is 0 Å². The Bertz CT molecular complexity index is 498. The molecule has 0 saturated carbocycles. The number of rotatable bonds is 7. The van der Waals surface area contributed by atoms with Gasteiger partial charge in [0.05, 0.1) is 12.2 Å². The molecule has 2 rings (SSSR count). The number of halogens is 1. The minimum absolute atomic E-state index is 0. The molecule has 5 nitrogen and oxygen atoms in total. The van der Waals surface area contributed by atoms with Crippen LogP contribution in [0.25, 0.3) is 0 Å². The van der Waals surface area contributed by atoms with E-state index in [0.717, 1.165) is 13.1 Å². The molecule has 0 bridgehead atoms. The summed E-state index contributed by atoms with van der Waals surface area (Å²) in [5, 5.41) is 10.2. The van der Waals surface area contributed by atoms with Gasteiger partial charge in [0.2, 0.25) is 0 Å². The Kier molecular flexibility index (Phi) is 8.70. The van der Waals surface area contributed by atoms with Crippen molar-refractivity contribution in [1.29, 1.82) is 0 Å². The van der Waals surface area contributed by atoms with Crippen LogP contribution in [0.5, 0.6) is 5.75 Å². The molecule has 3 atom stereocenters. The number of carbonyl (C=O) groups excluding carboxylic acids is 1. The maximum absolute atomic E-state index is 11.6. The van der Waals surface area contributed by atoms with E-state index < -0.39 is 6.10 Å². The second-order valence-electron chi connectivity index (χ2n) is 6.24. The SMILES string of the molecule is CCC(=O)c1ccc(OCC(O)CN2CC(C)OC(C)C2)cc1.Cl. The van der Waals surface area contributed by atoms with Crippen molar-refractivity contribution in [3.63, 3.8) is 0 Å². The monoisotopic (exact) mass is 357 g/mol. The van der Waals surface area contributed by atoms with Gasteiger partial charge in [-0.15, -0.1) is 12.4 Å². The maximum atomic E-state index is 11.6. The highest BCUT2D eigenvalue weighted by atomic mass is 35.5. The number of nitrogens with zero attached hydrogens (tertiary/aromatic N) is 1. The van der Waals surface area contributed by atoms with Gasteiger partial charge in [0, 0.05) is 31.6 Å².